The van der Waals surface area contributed by atoms with E-state index in [1.807, 2.05) is 0 Å². The van der Waals surface area contributed by atoms with Crippen molar-refractivity contribution < 1.29 is 35.1 Å². The van der Waals surface area contributed by atoms with Crippen LogP contribution in [0.5, 0.6) is 0 Å². The first-order chi connectivity index (χ1) is 8.90. The van der Waals surface area contributed by atoms with Crippen LogP contribution in [0.1, 0.15) is 27.7 Å². The van der Waals surface area contributed by atoms with Crippen LogP contribution in [0.4, 0.5) is 0 Å². The Balaban J connectivity index is -0.000000223. The number of hydrogen-bond acceptors (Lipinski definition) is 5. The SMILES string of the molecule is C=CC(=O)O.CC(C)(CO)C(=O)O.CC(C)(CO)CO. The van der Waals surface area contributed by atoms with Crippen molar-refractivity contribution in [2.24, 2.45) is 10.8 Å². The van der Waals surface area contributed by atoms with Gasteiger partial charge < -0.3 is 25.5 Å². The zero-order valence-corrected chi connectivity index (χ0v) is 12.5. The van der Waals surface area contributed by atoms with E-state index < -0.39 is 17.4 Å². The molecule has 0 unspecified atom stereocenters. The molecule has 0 aromatic carbocycles. The lowest BCUT2D eigenvalue weighted by molar-refractivity contribution is -0.149. The Kier molecular flexibility index (Phi) is 13.5. The van der Waals surface area contributed by atoms with E-state index in [-0.39, 0.29) is 25.2 Å². The average Bonchev–Trinajstić information content (AvgIpc) is 2.39. The molecule has 5 N–H and O–H groups in total. The van der Waals surface area contributed by atoms with E-state index >= 15 is 0 Å². The van der Waals surface area contributed by atoms with Crippen molar-refractivity contribution in [3.8, 4) is 0 Å². The fourth-order valence-electron chi connectivity index (χ4n) is 0.118. The zero-order valence-electron chi connectivity index (χ0n) is 12.5. The first kappa shape index (κ1) is 23.6. The second-order valence-electron chi connectivity index (χ2n) is 5.37. The summed E-state index contributed by atoms with van der Waals surface area (Å²) in [7, 11) is 0. The molecule has 7 heteroatoms. The monoisotopic (exact) mass is 294 g/mol. The maximum Gasteiger partial charge on any atom is 0.327 e. The summed E-state index contributed by atoms with van der Waals surface area (Å²) in [5, 5.41) is 41.1. The normalized spacial score (nSPS) is 10.3. The molecule has 0 spiro atoms. The third-order valence-corrected chi connectivity index (χ3v) is 2.00. The molecule has 0 fully saturated rings. The zero-order chi connectivity index (χ0) is 17.0. The maximum absolute atomic E-state index is 10.1. The number of carboxylic acids is 2. The van der Waals surface area contributed by atoms with Gasteiger partial charge in [0.1, 0.15) is 0 Å². The van der Waals surface area contributed by atoms with Crippen LogP contribution in [0.3, 0.4) is 0 Å². The molecule has 0 aliphatic heterocycles. The van der Waals surface area contributed by atoms with Gasteiger partial charge in [0.15, 0.2) is 0 Å². The third-order valence-electron chi connectivity index (χ3n) is 2.00. The second-order valence-corrected chi connectivity index (χ2v) is 5.37. The van der Waals surface area contributed by atoms with Gasteiger partial charge in [-0.2, -0.15) is 0 Å². The lowest BCUT2D eigenvalue weighted by Gasteiger charge is -2.16. The van der Waals surface area contributed by atoms with Crippen LogP contribution in [-0.2, 0) is 9.59 Å². The van der Waals surface area contributed by atoms with Gasteiger partial charge in [-0.15, -0.1) is 0 Å². The van der Waals surface area contributed by atoms with E-state index in [1.165, 1.54) is 13.8 Å². The predicted octanol–water partition coefficient (Wildman–Crippen LogP) is 0.344. The lowest BCUT2D eigenvalue weighted by Crippen LogP contribution is -2.27. The fraction of sp³-hybridized carbons (Fsp3) is 0.692. The number of hydrogen-bond donors (Lipinski definition) is 5. The Bertz CT molecular complexity index is 289. The van der Waals surface area contributed by atoms with Crippen LogP contribution in [-0.4, -0.2) is 57.3 Å². The third kappa shape index (κ3) is 16.6. The molecule has 0 aliphatic carbocycles. The summed E-state index contributed by atoms with van der Waals surface area (Å²) in [5.74, 6) is -1.95. The molecule has 0 amide bonds. The standard InChI is InChI=1S/C5H10O3.C5H12O2.C3H4O2/c1-5(2,3-6)4(7)8;1-5(2,3-6)4-7;1-2-3(4)5/h6H,3H2,1-2H3,(H,7,8);6-7H,3-4H2,1-2H3;2H,1H2,(H,4,5). The van der Waals surface area contributed by atoms with Gasteiger partial charge in [0, 0.05) is 11.5 Å². The van der Waals surface area contributed by atoms with Crippen molar-refractivity contribution in [2.75, 3.05) is 19.8 Å². The quantitative estimate of drug-likeness (QED) is 0.461. The molecule has 120 valence electrons. The lowest BCUT2D eigenvalue weighted by atomic mass is 9.96. The maximum atomic E-state index is 10.1. The van der Waals surface area contributed by atoms with Crippen LogP contribution in [0, 0.1) is 10.8 Å². The molecule has 0 saturated carbocycles. The van der Waals surface area contributed by atoms with Gasteiger partial charge >= 0.3 is 11.9 Å². The number of carboxylic acid groups (broad SMARTS) is 2. The summed E-state index contributed by atoms with van der Waals surface area (Å²) in [6, 6.07) is 0. The largest absolute Gasteiger partial charge is 0.481 e. The Morgan fingerprint density at radius 2 is 1.25 bits per heavy atom. The van der Waals surface area contributed by atoms with E-state index in [1.54, 1.807) is 13.8 Å². The highest BCUT2D eigenvalue weighted by Crippen LogP contribution is 2.12. The van der Waals surface area contributed by atoms with Crippen molar-refractivity contribution in [1.29, 1.82) is 0 Å². The van der Waals surface area contributed by atoms with Gasteiger partial charge in [-0.3, -0.25) is 4.79 Å². The van der Waals surface area contributed by atoms with Gasteiger partial charge in [0.05, 0.1) is 25.2 Å². The molecule has 7 nitrogen and oxygen atoms in total. The van der Waals surface area contributed by atoms with Crippen molar-refractivity contribution in [3.05, 3.63) is 12.7 Å². The van der Waals surface area contributed by atoms with Crippen molar-refractivity contribution in [3.63, 3.8) is 0 Å². The van der Waals surface area contributed by atoms with E-state index in [4.69, 9.17) is 25.5 Å². The first-order valence-corrected chi connectivity index (χ1v) is 5.81. The molecule has 0 rings (SSSR count). The van der Waals surface area contributed by atoms with Crippen LogP contribution < -0.4 is 0 Å². The van der Waals surface area contributed by atoms with E-state index in [0.717, 1.165) is 6.08 Å². The number of aliphatic hydroxyl groups is 3. The Labute approximate surface area is 119 Å². The highest BCUT2D eigenvalue weighted by molar-refractivity contribution is 5.78. The van der Waals surface area contributed by atoms with E-state index in [0.29, 0.717) is 0 Å². The molecular weight excluding hydrogens is 268 g/mol. The summed E-state index contributed by atoms with van der Waals surface area (Å²) < 4.78 is 0. The van der Waals surface area contributed by atoms with E-state index in [2.05, 4.69) is 6.58 Å². The summed E-state index contributed by atoms with van der Waals surface area (Å²) in [4.78, 5) is 19.3. The van der Waals surface area contributed by atoms with Gasteiger partial charge in [0.2, 0.25) is 0 Å². The molecule has 0 aromatic heterocycles. The minimum atomic E-state index is -0.986. The molecule has 0 aliphatic rings. The topological polar surface area (TPSA) is 135 Å². The van der Waals surface area contributed by atoms with Crippen molar-refractivity contribution in [1.82, 2.24) is 0 Å². The smallest absolute Gasteiger partial charge is 0.327 e. The molecular formula is C13H26O7. The highest BCUT2D eigenvalue weighted by Gasteiger charge is 2.25. The Hall–Kier alpha value is -1.44. The summed E-state index contributed by atoms with van der Waals surface area (Å²) in [5.41, 5.74) is -1.29. The van der Waals surface area contributed by atoms with Crippen molar-refractivity contribution in [2.45, 2.75) is 27.7 Å². The summed E-state index contributed by atoms with van der Waals surface area (Å²) >= 11 is 0. The van der Waals surface area contributed by atoms with Gasteiger partial charge in [-0.1, -0.05) is 20.4 Å². The number of aliphatic hydroxyl groups excluding tert-OH is 3. The molecule has 0 atom stereocenters. The summed E-state index contributed by atoms with van der Waals surface area (Å²) in [6.07, 6.45) is 0.833. The Morgan fingerprint density at radius 3 is 1.25 bits per heavy atom. The van der Waals surface area contributed by atoms with Gasteiger partial charge in [-0.05, 0) is 13.8 Å². The minimum absolute atomic E-state index is 0.0451. The Morgan fingerprint density at radius 1 is 0.950 bits per heavy atom. The van der Waals surface area contributed by atoms with Crippen LogP contribution in [0.2, 0.25) is 0 Å². The average molecular weight is 294 g/mol. The molecule has 0 heterocycles. The van der Waals surface area contributed by atoms with Crippen LogP contribution >= 0.6 is 0 Å². The van der Waals surface area contributed by atoms with Gasteiger partial charge in [0.25, 0.3) is 0 Å². The van der Waals surface area contributed by atoms with Crippen LogP contribution in [0.25, 0.3) is 0 Å². The molecule has 0 saturated heterocycles. The first-order valence-electron chi connectivity index (χ1n) is 5.81. The summed E-state index contributed by atoms with van der Waals surface area (Å²) in [6.45, 7) is 9.27. The van der Waals surface area contributed by atoms with Crippen molar-refractivity contribution >= 4 is 11.9 Å². The molecule has 0 aromatic rings. The minimum Gasteiger partial charge on any atom is -0.481 e. The molecule has 0 radical (unpaired) electrons. The number of aliphatic carboxylic acids is 2. The highest BCUT2D eigenvalue weighted by atomic mass is 16.4. The van der Waals surface area contributed by atoms with E-state index in [9.17, 15) is 9.59 Å². The number of carbonyl (C=O) groups is 2. The fourth-order valence-corrected chi connectivity index (χ4v) is 0.118. The predicted molar refractivity (Wildman–Crippen MR) is 74.3 cm³/mol. The molecule has 20 heavy (non-hydrogen) atoms. The second kappa shape index (κ2) is 11.4. The molecule has 0 bridgehead atoms. The van der Waals surface area contributed by atoms with Crippen LogP contribution in [0.15, 0.2) is 12.7 Å². The van der Waals surface area contributed by atoms with Gasteiger partial charge in [-0.25, -0.2) is 4.79 Å². The number of rotatable bonds is 5.